The maximum atomic E-state index is 13.1. The van der Waals surface area contributed by atoms with Gasteiger partial charge in [0.15, 0.2) is 0 Å². The van der Waals surface area contributed by atoms with Crippen molar-refractivity contribution in [1.29, 1.82) is 0 Å². The third-order valence-electron chi connectivity index (χ3n) is 2.91. The first kappa shape index (κ1) is 15.3. The second-order valence-electron chi connectivity index (χ2n) is 4.50. The molecule has 0 heterocycles. The number of carbonyl (C=O) groups is 1. The fraction of sp³-hybridized carbons (Fsp3) is 0.188. The van der Waals surface area contributed by atoms with Gasteiger partial charge in [0.2, 0.25) is 0 Å². The van der Waals surface area contributed by atoms with Crippen molar-refractivity contribution in [2.45, 2.75) is 13.8 Å². The summed E-state index contributed by atoms with van der Waals surface area (Å²) in [4.78, 5) is 12.1. The minimum absolute atomic E-state index is 0.0318. The third kappa shape index (κ3) is 3.73. The molecule has 1 amide bonds. The second-order valence-corrected chi connectivity index (χ2v) is 4.90. The van der Waals surface area contributed by atoms with Crippen LogP contribution >= 0.6 is 11.6 Å². The molecule has 0 saturated carbocycles. The van der Waals surface area contributed by atoms with E-state index in [0.29, 0.717) is 17.9 Å². The molecule has 5 heteroatoms. The molecule has 2 aromatic rings. The van der Waals surface area contributed by atoms with E-state index in [1.54, 1.807) is 18.2 Å². The smallest absolute Gasteiger partial charge is 0.255 e. The normalized spacial score (nSPS) is 10.3. The molecule has 0 bridgehead atoms. The Kier molecular flexibility index (Phi) is 4.81. The molecule has 0 aliphatic heterocycles. The second kappa shape index (κ2) is 6.59. The Morgan fingerprint density at radius 3 is 2.67 bits per heavy atom. The molecule has 110 valence electrons. The molecule has 0 radical (unpaired) electrons. The van der Waals surface area contributed by atoms with Crippen LogP contribution in [0.25, 0.3) is 0 Å². The highest BCUT2D eigenvalue weighted by molar-refractivity contribution is 6.31. The zero-order valence-corrected chi connectivity index (χ0v) is 12.5. The average Bonchev–Trinajstić information content (AvgIpc) is 2.45. The molecule has 3 nitrogen and oxygen atoms in total. The highest BCUT2D eigenvalue weighted by Crippen LogP contribution is 2.22. The van der Waals surface area contributed by atoms with Crippen LogP contribution in [0.3, 0.4) is 0 Å². The summed E-state index contributed by atoms with van der Waals surface area (Å²) in [5.41, 5.74) is 1.82. The monoisotopic (exact) mass is 307 g/mol. The Morgan fingerprint density at radius 2 is 2.05 bits per heavy atom. The van der Waals surface area contributed by atoms with Crippen LogP contribution in [0.1, 0.15) is 22.8 Å². The minimum Gasteiger partial charge on any atom is -0.494 e. The van der Waals surface area contributed by atoms with Crippen LogP contribution in [0.5, 0.6) is 5.75 Å². The third-order valence-corrected chi connectivity index (χ3v) is 3.20. The lowest BCUT2D eigenvalue weighted by molar-refractivity contribution is 0.102. The number of nitrogens with one attached hydrogen (secondary N) is 1. The lowest BCUT2D eigenvalue weighted by atomic mass is 10.1. The molecule has 0 saturated heterocycles. The number of ether oxygens (including phenoxy) is 1. The summed E-state index contributed by atoms with van der Waals surface area (Å²) in [5.74, 6) is -0.0609. The van der Waals surface area contributed by atoms with E-state index in [-0.39, 0.29) is 10.9 Å². The first-order valence-electron chi connectivity index (χ1n) is 6.51. The van der Waals surface area contributed by atoms with Crippen molar-refractivity contribution in [2.75, 3.05) is 11.9 Å². The van der Waals surface area contributed by atoms with E-state index in [1.807, 2.05) is 13.8 Å². The van der Waals surface area contributed by atoms with Crippen LogP contribution < -0.4 is 10.1 Å². The number of amides is 1. The zero-order valence-electron chi connectivity index (χ0n) is 11.7. The van der Waals surface area contributed by atoms with Crippen molar-refractivity contribution in [1.82, 2.24) is 0 Å². The van der Waals surface area contributed by atoms with Gasteiger partial charge in [-0.1, -0.05) is 11.6 Å². The Hall–Kier alpha value is -2.07. The summed E-state index contributed by atoms with van der Waals surface area (Å²) in [7, 11) is 0. The highest BCUT2D eigenvalue weighted by atomic mass is 35.5. The van der Waals surface area contributed by atoms with Gasteiger partial charge in [0.1, 0.15) is 11.6 Å². The molecule has 0 aromatic heterocycles. The lowest BCUT2D eigenvalue weighted by Crippen LogP contribution is -2.12. The van der Waals surface area contributed by atoms with E-state index in [4.69, 9.17) is 16.3 Å². The minimum atomic E-state index is -0.522. The topological polar surface area (TPSA) is 38.3 Å². The van der Waals surface area contributed by atoms with E-state index in [0.717, 1.165) is 11.3 Å². The lowest BCUT2D eigenvalue weighted by Gasteiger charge is -2.10. The number of hydrogen-bond acceptors (Lipinski definition) is 2. The van der Waals surface area contributed by atoms with Crippen molar-refractivity contribution in [3.8, 4) is 5.75 Å². The highest BCUT2D eigenvalue weighted by Gasteiger charge is 2.10. The largest absolute Gasteiger partial charge is 0.494 e. The first-order valence-corrected chi connectivity index (χ1v) is 6.89. The molecule has 0 fully saturated rings. The van der Waals surface area contributed by atoms with Gasteiger partial charge in [0.25, 0.3) is 5.91 Å². The summed E-state index contributed by atoms with van der Waals surface area (Å²) in [6.07, 6.45) is 0. The van der Waals surface area contributed by atoms with Gasteiger partial charge in [-0.25, -0.2) is 4.39 Å². The molecule has 21 heavy (non-hydrogen) atoms. The molecule has 0 aliphatic rings. The van der Waals surface area contributed by atoms with Crippen LogP contribution in [0.4, 0.5) is 10.1 Å². The van der Waals surface area contributed by atoms with E-state index in [9.17, 15) is 9.18 Å². The van der Waals surface area contributed by atoms with Crippen molar-refractivity contribution in [2.24, 2.45) is 0 Å². The summed E-state index contributed by atoms with van der Waals surface area (Å²) < 4.78 is 18.5. The SMILES string of the molecule is CCOc1ccc(C(=O)Nc2ccc(F)c(Cl)c2)cc1C. The molecule has 0 atom stereocenters. The number of carbonyl (C=O) groups excluding carboxylic acids is 1. The van der Waals surface area contributed by atoms with E-state index < -0.39 is 5.82 Å². The number of hydrogen-bond donors (Lipinski definition) is 1. The van der Waals surface area contributed by atoms with Crippen LogP contribution in [0, 0.1) is 12.7 Å². The van der Waals surface area contributed by atoms with Crippen molar-refractivity contribution >= 4 is 23.2 Å². The summed E-state index contributed by atoms with van der Waals surface area (Å²) in [6, 6.07) is 9.22. The zero-order chi connectivity index (χ0) is 15.4. The van der Waals surface area contributed by atoms with Gasteiger partial charge in [0, 0.05) is 11.3 Å². The van der Waals surface area contributed by atoms with Crippen molar-refractivity contribution < 1.29 is 13.9 Å². The summed E-state index contributed by atoms with van der Waals surface area (Å²) in [6.45, 7) is 4.34. The van der Waals surface area contributed by atoms with Gasteiger partial charge in [-0.05, 0) is 55.8 Å². The quantitative estimate of drug-likeness (QED) is 0.907. The fourth-order valence-electron chi connectivity index (χ4n) is 1.89. The molecular formula is C16H15ClFNO2. The van der Waals surface area contributed by atoms with Gasteiger partial charge >= 0.3 is 0 Å². The molecule has 1 N–H and O–H groups in total. The van der Waals surface area contributed by atoms with Crippen molar-refractivity contribution in [3.63, 3.8) is 0 Å². The fourth-order valence-corrected chi connectivity index (χ4v) is 2.07. The van der Waals surface area contributed by atoms with Crippen LogP contribution in [-0.4, -0.2) is 12.5 Å². The maximum Gasteiger partial charge on any atom is 0.255 e. The molecule has 2 aromatic carbocycles. The molecule has 2 rings (SSSR count). The Balaban J connectivity index is 2.16. The molecular weight excluding hydrogens is 293 g/mol. The average molecular weight is 308 g/mol. The van der Waals surface area contributed by atoms with Gasteiger partial charge in [-0.2, -0.15) is 0 Å². The number of aryl methyl sites for hydroxylation is 1. The number of halogens is 2. The molecule has 0 aliphatic carbocycles. The predicted octanol–water partition coefficient (Wildman–Crippen LogP) is 4.44. The standard InChI is InChI=1S/C16H15ClFNO2/c1-3-21-15-7-4-11(8-10(15)2)16(20)19-12-5-6-14(18)13(17)9-12/h4-9H,3H2,1-2H3,(H,19,20). The molecule has 0 spiro atoms. The summed E-state index contributed by atoms with van der Waals surface area (Å²) in [5, 5.41) is 2.64. The number of rotatable bonds is 4. The van der Waals surface area contributed by atoms with Crippen LogP contribution in [0.2, 0.25) is 5.02 Å². The Bertz CT molecular complexity index is 673. The van der Waals surface area contributed by atoms with Crippen molar-refractivity contribution in [3.05, 3.63) is 58.4 Å². The van der Waals surface area contributed by atoms with E-state index in [2.05, 4.69) is 5.32 Å². The molecule has 0 unspecified atom stereocenters. The first-order chi connectivity index (χ1) is 10.0. The maximum absolute atomic E-state index is 13.1. The van der Waals surface area contributed by atoms with Crippen LogP contribution in [0.15, 0.2) is 36.4 Å². The summed E-state index contributed by atoms with van der Waals surface area (Å²) >= 11 is 5.68. The van der Waals surface area contributed by atoms with Gasteiger partial charge in [0.05, 0.1) is 11.6 Å². The Morgan fingerprint density at radius 1 is 1.29 bits per heavy atom. The van der Waals surface area contributed by atoms with Gasteiger partial charge in [-0.3, -0.25) is 4.79 Å². The Labute approximate surface area is 127 Å². The van der Waals surface area contributed by atoms with Gasteiger partial charge < -0.3 is 10.1 Å². The number of benzene rings is 2. The van der Waals surface area contributed by atoms with E-state index in [1.165, 1.54) is 18.2 Å². The van der Waals surface area contributed by atoms with Crippen LogP contribution in [-0.2, 0) is 0 Å². The van der Waals surface area contributed by atoms with E-state index >= 15 is 0 Å². The van der Waals surface area contributed by atoms with Gasteiger partial charge in [-0.15, -0.1) is 0 Å². The predicted molar refractivity (Wildman–Crippen MR) is 81.7 cm³/mol. The number of anilines is 1.